The fraction of sp³-hybridized carbons (Fsp3) is 0.733. The van der Waals surface area contributed by atoms with Crippen molar-refractivity contribution in [3.05, 3.63) is 12.2 Å². The Morgan fingerprint density at radius 2 is 2.13 bits per heavy atom. The molecule has 3 atom stereocenters. The molecule has 1 amide bonds. The minimum atomic E-state index is -1.57. The number of esters is 1. The van der Waals surface area contributed by atoms with Crippen molar-refractivity contribution < 1.29 is 36.2 Å². The van der Waals surface area contributed by atoms with E-state index in [-0.39, 0.29) is 17.3 Å². The minimum absolute atomic E-state index is 0.213. The molecule has 5 nitrogen and oxygen atoms in total. The first kappa shape index (κ1) is 19.5. The molecule has 1 aliphatic carbocycles. The molecule has 2 N–H and O–H groups in total. The van der Waals surface area contributed by atoms with E-state index in [1.165, 1.54) is 11.3 Å². The van der Waals surface area contributed by atoms with E-state index in [1.807, 2.05) is 6.92 Å². The number of nitrogens with two attached hydrogens (primary N) is 1. The number of carbonyl (C=O) groups is 2. The first-order valence-corrected chi connectivity index (χ1v) is 22.5. The number of likely N-dealkylation sites (tertiary alicyclic amines) is 1. The Morgan fingerprint density at radius 3 is 2.65 bits per heavy atom. The number of hydrogen-bond donors (Lipinski definition) is 1. The van der Waals surface area contributed by atoms with E-state index in [9.17, 15) is 9.59 Å². The second-order valence-electron chi connectivity index (χ2n) is 6.62. The molecule has 1 heterocycles. The number of amides is 1. The Hall–Kier alpha value is 0.215. The molecule has 1 aliphatic heterocycles. The maximum atomic E-state index is 12.8. The number of nitrogens with zero attached hydrogens (tertiary/aromatic N) is 1. The van der Waals surface area contributed by atoms with Crippen molar-refractivity contribution in [2.24, 2.45) is 5.73 Å². The molecular formula is C15H23ClHgN2O3S. The van der Waals surface area contributed by atoms with Crippen LogP contribution in [0.1, 0.15) is 46.0 Å². The second-order valence-corrected chi connectivity index (χ2v) is 19.8. The third-order valence-corrected chi connectivity index (χ3v) is 14.3. The second kappa shape index (κ2) is 8.06. The van der Waals surface area contributed by atoms with E-state index >= 15 is 0 Å². The van der Waals surface area contributed by atoms with Gasteiger partial charge in [0.25, 0.3) is 0 Å². The molecule has 0 bridgehead atoms. The van der Waals surface area contributed by atoms with Crippen molar-refractivity contribution in [2.45, 2.75) is 69.0 Å². The van der Waals surface area contributed by atoms with Gasteiger partial charge in [0.15, 0.2) is 0 Å². The molecule has 0 aromatic carbocycles. The summed E-state index contributed by atoms with van der Waals surface area (Å²) in [4.78, 5) is 26.5. The number of hydrogen-bond acceptors (Lipinski definition) is 5. The van der Waals surface area contributed by atoms with Crippen molar-refractivity contribution in [1.82, 2.24) is 4.90 Å². The Bertz CT molecular complexity index is 499. The Kier molecular flexibility index (Phi) is 6.85. The van der Waals surface area contributed by atoms with Crippen molar-refractivity contribution >= 4 is 28.4 Å². The summed E-state index contributed by atoms with van der Waals surface area (Å²) in [7, 11) is 7.55. The SMILES string of the molecule is C=C(C)C(C(=O)OC1(C)CCCCC1)N1C(=O)C(N)C1[S][Hg][Cl]. The quantitative estimate of drug-likeness (QED) is 0.240. The van der Waals surface area contributed by atoms with Crippen molar-refractivity contribution in [3.8, 4) is 0 Å². The van der Waals surface area contributed by atoms with Crippen molar-refractivity contribution in [2.75, 3.05) is 0 Å². The average Bonchev–Trinajstić information content (AvgIpc) is 2.50. The average molecular weight is 547 g/mol. The third kappa shape index (κ3) is 4.25. The van der Waals surface area contributed by atoms with Gasteiger partial charge in [-0.25, -0.2) is 0 Å². The molecule has 2 rings (SSSR count). The van der Waals surface area contributed by atoms with Gasteiger partial charge < -0.3 is 0 Å². The summed E-state index contributed by atoms with van der Waals surface area (Å²) in [5.41, 5.74) is 6.04. The Labute approximate surface area is 155 Å². The van der Waals surface area contributed by atoms with Crippen LogP contribution in [0, 0.1) is 0 Å². The van der Waals surface area contributed by atoms with Gasteiger partial charge in [-0.2, -0.15) is 0 Å². The van der Waals surface area contributed by atoms with Crippen LogP contribution in [0.3, 0.4) is 0 Å². The van der Waals surface area contributed by atoms with Crippen LogP contribution in [0.25, 0.3) is 0 Å². The summed E-state index contributed by atoms with van der Waals surface area (Å²) in [6.45, 7) is 7.62. The Morgan fingerprint density at radius 1 is 1.52 bits per heavy atom. The third-order valence-electron chi connectivity index (χ3n) is 4.58. The van der Waals surface area contributed by atoms with Crippen LogP contribution < -0.4 is 5.73 Å². The predicted octanol–water partition coefficient (Wildman–Crippen LogP) is 2.58. The van der Waals surface area contributed by atoms with Gasteiger partial charge in [-0.05, 0) is 0 Å². The molecule has 2 aliphatic rings. The van der Waals surface area contributed by atoms with E-state index in [4.69, 9.17) is 18.7 Å². The molecule has 1 saturated heterocycles. The van der Waals surface area contributed by atoms with Crippen LogP contribution in [0.15, 0.2) is 12.2 Å². The van der Waals surface area contributed by atoms with E-state index < -0.39 is 39.5 Å². The van der Waals surface area contributed by atoms with Gasteiger partial charge in [0.05, 0.1) is 0 Å². The van der Waals surface area contributed by atoms with Crippen LogP contribution in [-0.2, 0) is 36.2 Å². The van der Waals surface area contributed by atoms with Crippen LogP contribution in [0.5, 0.6) is 0 Å². The van der Waals surface area contributed by atoms with Crippen LogP contribution in [0.4, 0.5) is 0 Å². The summed E-state index contributed by atoms with van der Waals surface area (Å²) >= 11 is -1.57. The Balaban J connectivity index is 2.13. The van der Waals surface area contributed by atoms with Gasteiger partial charge in [-0.15, -0.1) is 0 Å². The summed E-state index contributed by atoms with van der Waals surface area (Å²) < 4.78 is 5.81. The fourth-order valence-corrected chi connectivity index (χ4v) is 13.3. The number of ether oxygens (including phenoxy) is 1. The molecule has 1 saturated carbocycles. The zero-order valence-corrected chi connectivity index (χ0v) is 20.8. The van der Waals surface area contributed by atoms with Crippen LogP contribution in [0.2, 0.25) is 0 Å². The molecule has 0 spiro atoms. The van der Waals surface area contributed by atoms with E-state index in [0.29, 0.717) is 5.57 Å². The maximum absolute atomic E-state index is 12.8. The number of halogens is 1. The summed E-state index contributed by atoms with van der Waals surface area (Å²) in [6.07, 6.45) is 5.04. The summed E-state index contributed by atoms with van der Waals surface area (Å²) in [5.74, 6) is -0.612. The zero-order valence-electron chi connectivity index (χ0n) is 13.7. The van der Waals surface area contributed by atoms with Gasteiger partial charge in [0.2, 0.25) is 0 Å². The molecule has 0 radical (unpaired) electrons. The van der Waals surface area contributed by atoms with Crippen molar-refractivity contribution in [3.63, 3.8) is 0 Å². The molecule has 23 heavy (non-hydrogen) atoms. The zero-order chi connectivity index (χ0) is 17.2. The normalized spacial score (nSPS) is 27.7. The summed E-state index contributed by atoms with van der Waals surface area (Å²) in [6, 6.07) is -1.33. The molecule has 8 heteroatoms. The van der Waals surface area contributed by atoms with Gasteiger partial charge in [0.1, 0.15) is 0 Å². The number of carbonyl (C=O) groups excluding carboxylic acids is 2. The molecule has 0 aromatic rings. The predicted molar refractivity (Wildman–Crippen MR) is 88.2 cm³/mol. The monoisotopic (exact) mass is 548 g/mol. The fourth-order valence-electron chi connectivity index (χ4n) is 3.29. The summed E-state index contributed by atoms with van der Waals surface area (Å²) in [5, 5.41) is -0.213. The first-order valence-electron chi connectivity index (χ1n) is 7.94. The number of rotatable bonds is 6. The number of β-lactam (4-membered cyclic amide) rings is 1. The van der Waals surface area contributed by atoms with Crippen LogP contribution in [-0.4, -0.2) is 39.8 Å². The molecule has 126 valence electrons. The van der Waals surface area contributed by atoms with E-state index in [1.54, 1.807) is 15.2 Å². The van der Waals surface area contributed by atoms with E-state index in [2.05, 4.69) is 6.58 Å². The topological polar surface area (TPSA) is 72.6 Å². The molecular weight excluding hydrogens is 524 g/mol. The molecule has 2 fully saturated rings. The van der Waals surface area contributed by atoms with Gasteiger partial charge in [-0.1, -0.05) is 0 Å². The standard InChI is InChI=1S/C15H24N2O3S.ClH.Hg/c1-9(2)11(17-12(18)10(16)13(17)21)14(19)20-15(3)7-5-4-6-8-15;;/h10-11,13,21H,1,4-8,16H2,2-3H3;1H;/q;;+2/p-2. The van der Waals surface area contributed by atoms with E-state index in [0.717, 1.165) is 25.7 Å². The van der Waals surface area contributed by atoms with Crippen LogP contribution >= 0.6 is 16.5 Å². The first-order chi connectivity index (χ1) is 10.8. The van der Waals surface area contributed by atoms with Crippen molar-refractivity contribution in [1.29, 1.82) is 0 Å². The van der Waals surface area contributed by atoms with Gasteiger partial charge >= 0.3 is 156 Å². The van der Waals surface area contributed by atoms with Gasteiger partial charge in [0, 0.05) is 0 Å². The van der Waals surface area contributed by atoms with Gasteiger partial charge in [-0.3, -0.25) is 0 Å². The molecule has 0 aromatic heterocycles. The molecule has 3 unspecified atom stereocenters.